The van der Waals surface area contributed by atoms with Crippen LogP contribution in [0.15, 0.2) is 36.7 Å². The summed E-state index contributed by atoms with van der Waals surface area (Å²) in [5.74, 6) is 1.00. The highest BCUT2D eigenvalue weighted by atomic mass is 15.2. The van der Waals surface area contributed by atoms with E-state index >= 15 is 0 Å². The standard InChI is InChI=1S/C16H22N4/c1-4-17-11-15-8-13(2)19-16(9-15)20(3)12-14-6-5-7-18-10-14/h5-10,17H,4,11-12H2,1-3H3. The summed E-state index contributed by atoms with van der Waals surface area (Å²) in [5.41, 5.74) is 3.51. The van der Waals surface area contributed by atoms with Crippen LogP contribution in [0.2, 0.25) is 0 Å². The van der Waals surface area contributed by atoms with Gasteiger partial charge < -0.3 is 10.2 Å². The maximum Gasteiger partial charge on any atom is 0.129 e. The van der Waals surface area contributed by atoms with Crippen LogP contribution >= 0.6 is 0 Å². The molecule has 0 aromatic carbocycles. The average Bonchev–Trinajstić information content (AvgIpc) is 2.45. The lowest BCUT2D eigenvalue weighted by Gasteiger charge is -2.19. The Morgan fingerprint density at radius 2 is 2.10 bits per heavy atom. The number of rotatable bonds is 6. The van der Waals surface area contributed by atoms with E-state index in [4.69, 9.17) is 0 Å². The Morgan fingerprint density at radius 1 is 1.25 bits per heavy atom. The smallest absolute Gasteiger partial charge is 0.129 e. The van der Waals surface area contributed by atoms with Gasteiger partial charge in [-0.25, -0.2) is 4.98 Å². The fraction of sp³-hybridized carbons (Fsp3) is 0.375. The number of hydrogen-bond donors (Lipinski definition) is 1. The highest BCUT2D eigenvalue weighted by Gasteiger charge is 2.06. The Hall–Kier alpha value is -1.94. The van der Waals surface area contributed by atoms with Crippen molar-refractivity contribution in [2.24, 2.45) is 0 Å². The molecular formula is C16H22N4. The van der Waals surface area contributed by atoms with Crippen molar-refractivity contribution in [3.05, 3.63) is 53.5 Å². The molecule has 0 amide bonds. The summed E-state index contributed by atoms with van der Waals surface area (Å²) in [6.45, 7) is 6.82. The van der Waals surface area contributed by atoms with Crippen LogP contribution in [0.1, 0.15) is 23.7 Å². The summed E-state index contributed by atoms with van der Waals surface area (Å²) in [5, 5.41) is 3.35. The van der Waals surface area contributed by atoms with Gasteiger partial charge in [0.25, 0.3) is 0 Å². The molecule has 0 saturated heterocycles. The predicted molar refractivity (Wildman–Crippen MR) is 82.7 cm³/mol. The van der Waals surface area contributed by atoms with Gasteiger partial charge in [0.2, 0.25) is 0 Å². The quantitative estimate of drug-likeness (QED) is 0.876. The van der Waals surface area contributed by atoms with E-state index in [0.717, 1.165) is 31.1 Å². The molecule has 4 nitrogen and oxygen atoms in total. The van der Waals surface area contributed by atoms with Gasteiger partial charge in [0, 0.05) is 38.2 Å². The lowest BCUT2D eigenvalue weighted by molar-refractivity contribution is 0.724. The monoisotopic (exact) mass is 270 g/mol. The highest BCUT2D eigenvalue weighted by molar-refractivity contribution is 5.42. The van der Waals surface area contributed by atoms with Crippen LogP contribution in [0.25, 0.3) is 0 Å². The molecule has 0 aliphatic heterocycles. The van der Waals surface area contributed by atoms with E-state index in [1.54, 1.807) is 6.20 Å². The fourth-order valence-electron chi connectivity index (χ4n) is 2.13. The van der Waals surface area contributed by atoms with Gasteiger partial charge in [0.15, 0.2) is 0 Å². The second-order valence-corrected chi connectivity index (χ2v) is 4.97. The Balaban J connectivity index is 2.12. The first kappa shape index (κ1) is 14.5. The minimum atomic E-state index is 0.810. The SMILES string of the molecule is CCNCc1cc(C)nc(N(C)Cc2cccnc2)c1. The van der Waals surface area contributed by atoms with Crippen LogP contribution < -0.4 is 10.2 Å². The number of aromatic nitrogens is 2. The molecule has 0 spiro atoms. The molecule has 0 aliphatic carbocycles. The van der Waals surface area contributed by atoms with Crippen LogP contribution in [0.5, 0.6) is 0 Å². The van der Waals surface area contributed by atoms with Crippen molar-refractivity contribution in [3.63, 3.8) is 0 Å². The molecule has 0 fully saturated rings. The highest BCUT2D eigenvalue weighted by Crippen LogP contribution is 2.16. The molecular weight excluding hydrogens is 248 g/mol. The molecule has 0 radical (unpaired) electrons. The van der Waals surface area contributed by atoms with Crippen molar-refractivity contribution < 1.29 is 0 Å². The van der Waals surface area contributed by atoms with Gasteiger partial charge in [-0.05, 0) is 42.8 Å². The zero-order chi connectivity index (χ0) is 14.4. The van der Waals surface area contributed by atoms with Gasteiger partial charge in [-0.3, -0.25) is 4.98 Å². The Labute approximate surface area is 120 Å². The van der Waals surface area contributed by atoms with Crippen molar-refractivity contribution >= 4 is 5.82 Å². The first-order chi connectivity index (χ1) is 9.69. The number of anilines is 1. The van der Waals surface area contributed by atoms with Crippen molar-refractivity contribution in [1.29, 1.82) is 0 Å². The van der Waals surface area contributed by atoms with Crippen LogP contribution in [0.4, 0.5) is 5.82 Å². The third kappa shape index (κ3) is 4.03. The third-order valence-electron chi connectivity index (χ3n) is 3.11. The summed E-state index contributed by atoms with van der Waals surface area (Å²) in [6, 6.07) is 8.32. The second-order valence-electron chi connectivity index (χ2n) is 4.97. The molecule has 106 valence electrons. The largest absolute Gasteiger partial charge is 0.355 e. The normalized spacial score (nSPS) is 10.6. The summed E-state index contributed by atoms with van der Waals surface area (Å²) < 4.78 is 0. The first-order valence-electron chi connectivity index (χ1n) is 6.97. The summed E-state index contributed by atoms with van der Waals surface area (Å²) in [7, 11) is 2.06. The van der Waals surface area contributed by atoms with Crippen molar-refractivity contribution in [2.75, 3.05) is 18.5 Å². The predicted octanol–water partition coefficient (Wildman–Crippen LogP) is 2.53. The lowest BCUT2D eigenvalue weighted by Crippen LogP contribution is -2.19. The zero-order valence-electron chi connectivity index (χ0n) is 12.4. The molecule has 0 unspecified atom stereocenters. The van der Waals surface area contributed by atoms with Gasteiger partial charge in [-0.2, -0.15) is 0 Å². The number of aryl methyl sites for hydroxylation is 1. The molecule has 2 rings (SSSR count). The molecule has 0 aliphatic rings. The van der Waals surface area contributed by atoms with Gasteiger partial charge in [0.05, 0.1) is 0 Å². The van der Waals surface area contributed by atoms with E-state index in [2.05, 4.69) is 52.4 Å². The Morgan fingerprint density at radius 3 is 2.80 bits per heavy atom. The molecule has 0 saturated carbocycles. The molecule has 0 atom stereocenters. The van der Waals surface area contributed by atoms with Crippen molar-refractivity contribution in [1.82, 2.24) is 15.3 Å². The summed E-state index contributed by atoms with van der Waals surface area (Å²) in [6.07, 6.45) is 3.69. The fourth-order valence-corrected chi connectivity index (χ4v) is 2.13. The van der Waals surface area contributed by atoms with Crippen molar-refractivity contribution in [2.45, 2.75) is 26.9 Å². The maximum atomic E-state index is 4.62. The van der Waals surface area contributed by atoms with E-state index in [9.17, 15) is 0 Å². The topological polar surface area (TPSA) is 41.1 Å². The number of hydrogen-bond acceptors (Lipinski definition) is 4. The van der Waals surface area contributed by atoms with E-state index < -0.39 is 0 Å². The first-order valence-corrected chi connectivity index (χ1v) is 6.97. The van der Waals surface area contributed by atoms with Crippen molar-refractivity contribution in [3.8, 4) is 0 Å². The van der Waals surface area contributed by atoms with Gasteiger partial charge in [-0.1, -0.05) is 13.0 Å². The molecule has 2 aromatic rings. The van der Waals surface area contributed by atoms with E-state index in [1.807, 2.05) is 19.2 Å². The minimum absolute atomic E-state index is 0.810. The molecule has 1 N–H and O–H groups in total. The van der Waals surface area contributed by atoms with Gasteiger partial charge in [0.1, 0.15) is 5.82 Å². The number of nitrogens with zero attached hydrogens (tertiary/aromatic N) is 3. The Kier molecular flexibility index (Phi) is 5.07. The van der Waals surface area contributed by atoms with Gasteiger partial charge >= 0.3 is 0 Å². The molecule has 20 heavy (non-hydrogen) atoms. The van der Waals surface area contributed by atoms with E-state index in [-0.39, 0.29) is 0 Å². The van der Waals surface area contributed by atoms with E-state index in [1.165, 1.54) is 11.1 Å². The second kappa shape index (κ2) is 7.01. The maximum absolute atomic E-state index is 4.62. The van der Waals surface area contributed by atoms with Crippen LogP contribution in [-0.2, 0) is 13.1 Å². The third-order valence-corrected chi connectivity index (χ3v) is 3.11. The van der Waals surface area contributed by atoms with Gasteiger partial charge in [-0.15, -0.1) is 0 Å². The molecule has 4 heteroatoms. The summed E-state index contributed by atoms with van der Waals surface area (Å²) in [4.78, 5) is 10.9. The molecule has 2 heterocycles. The number of pyridine rings is 2. The Bertz CT molecular complexity index is 539. The minimum Gasteiger partial charge on any atom is -0.355 e. The molecule has 2 aromatic heterocycles. The van der Waals surface area contributed by atoms with Crippen LogP contribution in [0.3, 0.4) is 0 Å². The number of nitrogens with one attached hydrogen (secondary N) is 1. The van der Waals surface area contributed by atoms with E-state index in [0.29, 0.717) is 0 Å². The average molecular weight is 270 g/mol. The van der Waals surface area contributed by atoms with Crippen LogP contribution in [0, 0.1) is 6.92 Å². The lowest BCUT2D eigenvalue weighted by atomic mass is 10.2. The molecule has 0 bridgehead atoms. The van der Waals surface area contributed by atoms with Crippen LogP contribution in [-0.4, -0.2) is 23.6 Å². The zero-order valence-corrected chi connectivity index (χ0v) is 12.4. The summed E-state index contributed by atoms with van der Waals surface area (Å²) >= 11 is 0.